The van der Waals surface area contributed by atoms with Crippen molar-refractivity contribution in [2.75, 3.05) is 0 Å². The van der Waals surface area contributed by atoms with E-state index in [0.29, 0.717) is 15.6 Å². The van der Waals surface area contributed by atoms with Crippen molar-refractivity contribution in [3.05, 3.63) is 33.8 Å². The second-order valence-corrected chi connectivity index (χ2v) is 7.31. The van der Waals surface area contributed by atoms with Crippen LogP contribution in [0.3, 0.4) is 0 Å². The highest BCUT2D eigenvalue weighted by atomic mass is 35.5. The summed E-state index contributed by atoms with van der Waals surface area (Å²) in [6.07, 6.45) is 4.68. The molecule has 0 bridgehead atoms. The van der Waals surface area contributed by atoms with Crippen LogP contribution < -0.4 is 0 Å². The molecule has 2 rings (SSSR count). The lowest BCUT2D eigenvalue weighted by Gasteiger charge is -2.21. The largest absolute Gasteiger partial charge is 0.271 e. The van der Waals surface area contributed by atoms with Crippen LogP contribution in [0.2, 0.25) is 10.0 Å². The average molecular weight is 323 g/mol. The molecule has 1 saturated carbocycles. The number of halogens is 2. The van der Waals surface area contributed by atoms with Gasteiger partial charge in [0.15, 0.2) is 0 Å². The Kier molecular flexibility index (Phi) is 5.12. The van der Waals surface area contributed by atoms with E-state index in [4.69, 9.17) is 27.4 Å². The third-order valence-electron chi connectivity index (χ3n) is 3.10. The molecule has 6 heteroatoms. The van der Waals surface area contributed by atoms with E-state index in [1.54, 1.807) is 18.2 Å². The highest BCUT2D eigenvalue weighted by Gasteiger charge is 2.22. The monoisotopic (exact) mass is 322 g/mol. The van der Waals surface area contributed by atoms with Crippen molar-refractivity contribution in [3.8, 4) is 0 Å². The van der Waals surface area contributed by atoms with Gasteiger partial charge < -0.3 is 0 Å². The lowest BCUT2D eigenvalue weighted by molar-refractivity contribution is 0.162. The van der Waals surface area contributed by atoms with Crippen molar-refractivity contribution >= 4 is 33.3 Å². The van der Waals surface area contributed by atoms with E-state index in [-0.39, 0.29) is 11.9 Å². The maximum Gasteiger partial charge on any atom is 0.271 e. The molecule has 0 unspecified atom stereocenters. The molecule has 0 aliphatic heterocycles. The molecule has 106 valence electrons. The van der Waals surface area contributed by atoms with Crippen LogP contribution in [0.25, 0.3) is 0 Å². The van der Waals surface area contributed by atoms with E-state index >= 15 is 0 Å². The molecule has 1 aromatic rings. The Labute approximate surface area is 124 Å². The lowest BCUT2D eigenvalue weighted by Crippen LogP contribution is -2.22. The Morgan fingerprint density at radius 2 is 1.63 bits per heavy atom. The van der Waals surface area contributed by atoms with E-state index < -0.39 is 10.1 Å². The van der Waals surface area contributed by atoms with Crippen LogP contribution in [0, 0.1) is 0 Å². The topological polar surface area (TPSA) is 43.4 Å². The Hall–Kier alpha value is -0.290. The second-order valence-electron chi connectivity index (χ2n) is 4.84. The molecule has 0 amide bonds. The molecular formula is C13H16Cl2O3S. The first kappa shape index (κ1) is 15.1. The molecule has 0 atom stereocenters. The molecule has 0 saturated heterocycles. The zero-order valence-corrected chi connectivity index (χ0v) is 12.8. The van der Waals surface area contributed by atoms with Gasteiger partial charge in [0.2, 0.25) is 0 Å². The zero-order valence-electron chi connectivity index (χ0n) is 10.4. The minimum absolute atomic E-state index is 0.173. The predicted octanol–water partition coefficient (Wildman–Crippen LogP) is 4.17. The first-order valence-corrected chi connectivity index (χ1v) is 8.64. The molecule has 0 aromatic heterocycles. The van der Waals surface area contributed by atoms with Crippen molar-refractivity contribution in [1.29, 1.82) is 0 Å². The summed E-state index contributed by atoms with van der Waals surface area (Å²) < 4.78 is 29.2. The molecule has 0 N–H and O–H groups in total. The standard InChI is InChI=1S/C13H16Cl2O3S/c14-11-6-10(7-12(15)8-11)9-19(16,17)18-13-4-2-1-3-5-13/h6-8,13H,1-5,9H2. The van der Waals surface area contributed by atoms with E-state index in [1.807, 2.05) is 0 Å². The van der Waals surface area contributed by atoms with Gasteiger partial charge in [-0.3, -0.25) is 4.18 Å². The summed E-state index contributed by atoms with van der Waals surface area (Å²) in [6.45, 7) is 0. The van der Waals surface area contributed by atoms with Gasteiger partial charge in [0.25, 0.3) is 10.1 Å². The Balaban J connectivity index is 2.03. The van der Waals surface area contributed by atoms with E-state index in [2.05, 4.69) is 0 Å². The van der Waals surface area contributed by atoms with E-state index in [9.17, 15) is 8.42 Å². The van der Waals surface area contributed by atoms with Crippen LogP contribution >= 0.6 is 23.2 Å². The van der Waals surface area contributed by atoms with Crippen molar-refractivity contribution < 1.29 is 12.6 Å². The summed E-state index contributed by atoms with van der Waals surface area (Å²) in [5.74, 6) is -0.191. The lowest BCUT2D eigenvalue weighted by atomic mass is 9.98. The quantitative estimate of drug-likeness (QED) is 0.781. The van der Waals surface area contributed by atoms with Gasteiger partial charge in [-0.25, -0.2) is 0 Å². The van der Waals surface area contributed by atoms with Gasteiger partial charge in [0.1, 0.15) is 5.75 Å². The Bertz CT molecular complexity index is 517. The summed E-state index contributed by atoms with van der Waals surface area (Å²) >= 11 is 11.7. The second kappa shape index (κ2) is 6.44. The minimum Gasteiger partial charge on any atom is -0.267 e. The van der Waals surface area contributed by atoms with Gasteiger partial charge >= 0.3 is 0 Å². The summed E-state index contributed by atoms with van der Waals surface area (Å²) in [7, 11) is -3.59. The summed E-state index contributed by atoms with van der Waals surface area (Å²) in [6, 6.07) is 4.76. The summed E-state index contributed by atoms with van der Waals surface area (Å²) in [5.41, 5.74) is 0.549. The summed E-state index contributed by atoms with van der Waals surface area (Å²) in [4.78, 5) is 0. The van der Waals surface area contributed by atoms with Gasteiger partial charge in [-0.2, -0.15) is 8.42 Å². The van der Waals surface area contributed by atoms with E-state index in [1.165, 1.54) is 0 Å². The zero-order chi connectivity index (χ0) is 13.9. The first-order valence-electron chi connectivity index (χ1n) is 6.30. The number of benzene rings is 1. The third kappa shape index (κ3) is 4.95. The normalized spacial score (nSPS) is 17.6. The van der Waals surface area contributed by atoms with Crippen LogP contribution in [0.15, 0.2) is 18.2 Å². The van der Waals surface area contributed by atoms with E-state index in [0.717, 1.165) is 32.1 Å². The number of rotatable bonds is 4. The fourth-order valence-electron chi connectivity index (χ4n) is 2.30. The van der Waals surface area contributed by atoms with Crippen LogP contribution in [0.1, 0.15) is 37.7 Å². The molecule has 1 aliphatic rings. The molecule has 1 aliphatic carbocycles. The van der Waals surface area contributed by atoms with Gasteiger partial charge in [-0.1, -0.05) is 42.5 Å². The van der Waals surface area contributed by atoms with Crippen LogP contribution in [-0.2, 0) is 20.1 Å². The van der Waals surface area contributed by atoms with Crippen LogP contribution in [0.5, 0.6) is 0 Å². The third-order valence-corrected chi connectivity index (χ3v) is 4.79. The van der Waals surface area contributed by atoms with Crippen LogP contribution in [0.4, 0.5) is 0 Å². The molecule has 0 spiro atoms. The van der Waals surface area contributed by atoms with Crippen molar-refractivity contribution in [2.24, 2.45) is 0 Å². The van der Waals surface area contributed by atoms with Gasteiger partial charge in [-0.05, 0) is 36.6 Å². The number of hydrogen-bond acceptors (Lipinski definition) is 3. The molecule has 0 radical (unpaired) electrons. The smallest absolute Gasteiger partial charge is 0.267 e. The molecule has 1 fully saturated rings. The minimum atomic E-state index is -3.59. The average Bonchev–Trinajstić information content (AvgIpc) is 2.27. The predicted molar refractivity (Wildman–Crippen MR) is 77.0 cm³/mol. The molecule has 3 nitrogen and oxygen atoms in total. The Morgan fingerprint density at radius 3 is 2.21 bits per heavy atom. The number of hydrogen-bond donors (Lipinski definition) is 0. The first-order chi connectivity index (χ1) is 8.94. The molecule has 19 heavy (non-hydrogen) atoms. The summed E-state index contributed by atoms with van der Waals surface area (Å²) in [5, 5.41) is 0.853. The molecular weight excluding hydrogens is 307 g/mol. The van der Waals surface area contributed by atoms with Gasteiger partial charge in [0, 0.05) is 10.0 Å². The maximum absolute atomic E-state index is 12.0. The van der Waals surface area contributed by atoms with Crippen molar-refractivity contribution in [2.45, 2.75) is 44.0 Å². The SMILES string of the molecule is O=S(=O)(Cc1cc(Cl)cc(Cl)c1)OC1CCCCC1. The highest BCUT2D eigenvalue weighted by Crippen LogP contribution is 2.25. The van der Waals surface area contributed by atoms with Crippen molar-refractivity contribution in [3.63, 3.8) is 0 Å². The Morgan fingerprint density at radius 1 is 1.05 bits per heavy atom. The van der Waals surface area contributed by atoms with Crippen LogP contribution in [-0.4, -0.2) is 14.5 Å². The highest BCUT2D eigenvalue weighted by molar-refractivity contribution is 7.85. The van der Waals surface area contributed by atoms with Gasteiger partial charge in [-0.15, -0.1) is 0 Å². The van der Waals surface area contributed by atoms with Gasteiger partial charge in [0.05, 0.1) is 6.10 Å². The fraction of sp³-hybridized carbons (Fsp3) is 0.538. The molecule has 0 heterocycles. The molecule has 1 aromatic carbocycles. The fourth-order valence-corrected chi connectivity index (χ4v) is 4.12. The van der Waals surface area contributed by atoms with Crippen molar-refractivity contribution in [1.82, 2.24) is 0 Å². The maximum atomic E-state index is 12.0.